The predicted molar refractivity (Wildman–Crippen MR) is 85.2 cm³/mol. The average molecular weight is 335 g/mol. The summed E-state index contributed by atoms with van der Waals surface area (Å²) in [6.07, 6.45) is 3.52. The molecule has 2 aromatic rings. The van der Waals surface area contributed by atoms with Gasteiger partial charge in [0.05, 0.1) is 6.61 Å². The Kier molecular flexibility index (Phi) is 5.62. The molecule has 2 rings (SSSR count). The minimum Gasteiger partial charge on any atom is -0.457 e. The first-order valence-corrected chi connectivity index (χ1v) is 7.68. The van der Waals surface area contributed by atoms with E-state index in [1.54, 1.807) is 0 Å². The summed E-state index contributed by atoms with van der Waals surface area (Å²) >= 11 is 3.39. The fourth-order valence-electron chi connectivity index (χ4n) is 2.00. The molecular weight excluding hydrogens is 316 g/mol. The van der Waals surface area contributed by atoms with E-state index in [1.165, 1.54) is 18.4 Å². The van der Waals surface area contributed by atoms with Crippen LogP contribution in [-0.4, -0.2) is 5.11 Å². The van der Waals surface area contributed by atoms with Crippen molar-refractivity contribution in [3.63, 3.8) is 0 Å². The molecule has 0 atom stereocenters. The first-order valence-electron chi connectivity index (χ1n) is 6.89. The molecule has 106 valence electrons. The van der Waals surface area contributed by atoms with E-state index in [9.17, 15) is 5.11 Å². The number of halogens is 1. The molecule has 20 heavy (non-hydrogen) atoms. The van der Waals surface area contributed by atoms with Crippen LogP contribution in [0.5, 0.6) is 11.5 Å². The van der Waals surface area contributed by atoms with E-state index in [1.807, 2.05) is 30.3 Å². The Hall–Kier alpha value is -1.32. The maximum atomic E-state index is 9.36. The first-order chi connectivity index (χ1) is 9.72. The van der Waals surface area contributed by atoms with Gasteiger partial charge in [-0.3, -0.25) is 0 Å². The number of ether oxygens (including phenoxy) is 1. The molecule has 0 fully saturated rings. The van der Waals surface area contributed by atoms with Crippen molar-refractivity contribution < 1.29 is 9.84 Å². The highest BCUT2D eigenvalue weighted by atomic mass is 79.9. The molecule has 0 radical (unpaired) electrons. The Morgan fingerprint density at radius 1 is 1.10 bits per heavy atom. The zero-order valence-corrected chi connectivity index (χ0v) is 13.2. The third-order valence-electron chi connectivity index (χ3n) is 3.16. The van der Waals surface area contributed by atoms with E-state index in [0.717, 1.165) is 22.2 Å². The lowest BCUT2D eigenvalue weighted by Crippen LogP contribution is -1.92. The summed E-state index contributed by atoms with van der Waals surface area (Å²) in [6.45, 7) is 2.16. The highest BCUT2D eigenvalue weighted by Gasteiger charge is 2.05. The molecule has 0 saturated carbocycles. The van der Waals surface area contributed by atoms with Gasteiger partial charge in [0.2, 0.25) is 0 Å². The van der Waals surface area contributed by atoms with E-state index < -0.39 is 0 Å². The predicted octanol–water partition coefficient (Wildman–Crippen LogP) is 5.08. The van der Waals surface area contributed by atoms with Gasteiger partial charge in [-0.05, 0) is 48.7 Å². The smallest absolute Gasteiger partial charge is 0.133 e. The third kappa shape index (κ3) is 4.09. The van der Waals surface area contributed by atoms with E-state index >= 15 is 0 Å². The molecule has 0 bridgehead atoms. The van der Waals surface area contributed by atoms with Crippen molar-refractivity contribution in [2.24, 2.45) is 0 Å². The number of benzene rings is 2. The second-order valence-corrected chi connectivity index (χ2v) is 5.68. The largest absolute Gasteiger partial charge is 0.457 e. The van der Waals surface area contributed by atoms with Crippen LogP contribution in [0.3, 0.4) is 0 Å². The molecule has 0 aliphatic carbocycles. The van der Waals surface area contributed by atoms with Gasteiger partial charge in [-0.15, -0.1) is 0 Å². The third-order valence-corrected chi connectivity index (χ3v) is 3.66. The molecular formula is C17H19BrO2. The molecule has 0 aromatic heterocycles. The van der Waals surface area contributed by atoms with Crippen molar-refractivity contribution in [2.75, 3.05) is 0 Å². The molecule has 1 N–H and O–H groups in total. The van der Waals surface area contributed by atoms with Gasteiger partial charge >= 0.3 is 0 Å². The van der Waals surface area contributed by atoms with Crippen LogP contribution in [-0.2, 0) is 13.0 Å². The highest BCUT2D eigenvalue weighted by molar-refractivity contribution is 9.10. The lowest BCUT2D eigenvalue weighted by Gasteiger charge is -2.10. The Morgan fingerprint density at radius 3 is 2.50 bits per heavy atom. The van der Waals surface area contributed by atoms with Crippen LogP contribution in [0.1, 0.15) is 30.9 Å². The van der Waals surface area contributed by atoms with Crippen molar-refractivity contribution in [1.82, 2.24) is 0 Å². The average Bonchev–Trinajstić information content (AvgIpc) is 2.48. The topological polar surface area (TPSA) is 29.5 Å². The van der Waals surface area contributed by atoms with E-state index in [-0.39, 0.29) is 6.61 Å². The minimum atomic E-state index is -0.0383. The van der Waals surface area contributed by atoms with Gasteiger partial charge in [-0.25, -0.2) is 0 Å². The molecule has 2 aromatic carbocycles. The summed E-state index contributed by atoms with van der Waals surface area (Å²) in [5.74, 6) is 1.49. The second-order valence-electron chi connectivity index (χ2n) is 4.76. The van der Waals surface area contributed by atoms with Crippen LogP contribution in [0.25, 0.3) is 0 Å². The number of rotatable bonds is 6. The first kappa shape index (κ1) is 15.1. The van der Waals surface area contributed by atoms with Crippen LogP contribution < -0.4 is 4.74 Å². The van der Waals surface area contributed by atoms with Gasteiger partial charge in [0.15, 0.2) is 0 Å². The van der Waals surface area contributed by atoms with Crippen LogP contribution in [0.4, 0.5) is 0 Å². The number of unbranched alkanes of at least 4 members (excludes halogenated alkanes) is 1. The summed E-state index contributed by atoms with van der Waals surface area (Å²) in [6, 6.07) is 13.8. The van der Waals surface area contributed by atoms with Crippen molar-refractivity contribution in [3.8, 4) is 11.5 Å². The summed E-state index contributed by atoms with van der Waals surface area (Å²) < 4.78 is 6.77. The van der Waals surface area contributed by atoms with Gasteiger partial charge in [-0.1, -0.05) is 41.4 Å². The van der Waals surface area contributed by atoms with Crippen molar-refractivity contribution >= 4 is 15.9 Å². The summed E-state index contributed by atoms with van der Waals surface area (Å²) in [7, 11) is 0. The van der Waals surface area contributed by atoms with Crippen LogP contribution in [0.2, 0.25) is 0 Å². The Balaban J connectivity index is 2.10. The van der Waals surface area contributed by atoms with Gasteiger partial charge in [-0.2, -0.15) is 0 Å². The Morgan fingerprint density at radius 2 is 1.85 bits per heavy atom. The number of hydrogen-bond donors (Lipinski definition) is 1. The number of aliphatic hydroxyl groups excluding tert-OH is 1. The molecule has 0 aliphatic heterocycles. The van der Waals surface area contributed by atoms with Crippen molar-refractivity contribution in [2.45, 2.75) is 32.8 Å². The number of aryl methyl sites for hydroxylation is 1. The van der Waals surface area contributed by atoms with Gasteiger partial charge < -0.3 is 9.84 Å². The molecule has 2 nitrogen and oxygen atoms in total. The molecule has 0 spiro atoms. The second kappa shape index (κ2) is 7.46. The van der Waals surface area contributed by atoms with Gasteiger partial charge in [0.25, 0.3) is 0 Å². The van der Waals surface area contributed by atoms with E-state index in [2.05, 4.69) is 35.0 Å². The van der Waals surface area contributed by atoms with Crippen LogP contribution in [0, 0.1) is 0 Å². The Bertz CT molecular complexity index is 549. The standard InChI is InChI=1S/C17H19BrO2/c1-2-3-4-13-5-8-16(9-6-13)20-17-10-7-15(18)11-14(17)12-19/h5-11,19H,2-4,12H2,1H3. The molecule has 0 amide bonds. The fraction of sp³-hybridized carbons (Fsp3) is 0.294. The quantitative estimate of drug-likeness (QED) is 0.798. The molecule has 0 heterocycles. The molecule has 3 heteroatoms. The normalized spacial score (nSPS) is 10.6. The SMILES string of the molecule is CCCCc1ccc(Oc2ccc(Br)cc2CO)cc1. The van der Waals surface area contributed by atoms with Crippen molar-refractivity contribution in [3.05, 3.63) is 58.1 Å². The molecule has 0 saturated heterocycles. The summed E-state index contributed by atoms with van der Waals surface area (Å²) in [4.78, 5) is 0. The molecule has 0 unspecified atom stereocenters. The minimum absolute atomic E-state index is 0.0383. The molecule has 0 aliphatic rings. The van der Waals surface area contributed by atoms with Crippen molar-refractivity contribution in [1.29, 1.82) is 0 Å². The van der Waals surface area contributed by atoms with E-state index in [4.69, 9.17) is 4.74 Å². The zero-order valence-electron chi connectivity index (χ0n) is 11.6. The van der Waals surface area contributed by atoms with Crippen LogP contribution >= 0.6 is 15.9 Å². The monoisotopic (exact) mass is 334 g/mol. The highest BCUT2D eigenvalue weighted by Crippen LogP contribution is 2.28. The lowest BCUT2D eigenvalue weighted by atomic mass is 10.1. The van der Waals surface area contributed by atoms with Gasteiger partial charge in [0, 0.05) is 10.0 Å². The number of hydrogen-bond acceptors (Lipinski definition) is 2. The maximum absolute atomic E-state index is 9.36. The van der Waals surface area contributed by atoms with Gasteiger partial charge in [0.1, 0.15) is 11.5 Å². The summed E-state index contributed by atoms with van der Waals surface area (Å²) in [5, 5.41) is 9.36. The zero-order chi connectivity index (χ0) is 14.4. The fourth-order valence-corrected chi connectivity index (χ4v) is 2.41. The van der Waals surface area contributed by atoms with Crippen LogP contribution in [0.15, 0.2) is 46.9 Å². The lowest BCUT2D eigenvalue weighted by molar-refractivity contribution is 0.276. The number of aliphatic hydroxyl groups is 1. The van der Waals surface area contributed by atoms with E-state index in [0.29, 0.717) is 5.75 Å². The summed E-state index contributed by atoms with van der Waals surface area (Å²) in [5.41, 5.74) is 2.10. The Labute approximate surface area is 128 Å². The maximum Gasteiger partial charge on any atom is 0.133 e.